The van der Waals surface area contributed by atoms with Gasteiger partial charge in [0.1, 0.15) is 6.10 Å². The molecule has 0 aromatic carbocycles. The predicted octanol–water partition coefficient (Wildman–Crippen LogP) is 1.06. The highest BCUT2D eigenvalue weighted by Crippen LogP contribution is 2.27. The molecular weight excluding hydrogens is 216 g/mol. The quantitative estimate of drug-likeness (QED) is 0.775. The third kappa shape index (κ3) is 3.42. The number of piperidine rings is 1. The fourth-order valence-corrected chi connectivity index (χ4v) is 2.62. The highest BCUT2D eigenvalue weighted by atomic mass is 16.5. The molecule has 0 radical (unpaired) electrons. The predicted molar refractivity (Wildman–Crippen MR) is 66.8 cm³/mol. The number of ether oxygens (including phenoxy) is 1. The van der Waals surface area contributed by atoms with Crippen molar-refractivity contribution in [2.24, 2.45) is 5.41 Å². The number of carbonyl (C=O) groups excluding carboxylic acids is 1. The lowest BCUT2D eigenvalue weighted by atomic mass is 9.81. The van der Waals surface area contributed by atoms with Gasteiger partial charge in [0.15, 0.2) is 0 Å². The van der Waals surface area contributed by atoms with Crippen LogP contribution in [0, 0.1) is 5.41 Å². The lowest BCUT2D eigenvalue weighted by Gasteiger charge is -2.34. The Balaban J connectivity index is 1.75. The van der Waals surface area contributed by atoms with Crippen molar-refractivity contribution in [3.63, 3.8) is 0 Å². The first-order valence-electron chi connectivity index (χ1n) is 6.73. The number of hydrogen-bond donors (Lipinski definition) is 2. The number of nitrogens with one attached hydrogen (secondary N) is 2. The average Bonchev–Trinajstić information content (AvgIpc) is 2.74. The number of rotatable bonds is 3. The van der Waals surface area contributed by atoms with Gasteiger partial charge in [0, 0.05) is 6.54 Å². The van der Waals surface area contributed by atoms with Crippen molar-refractivity contribution < 1.29 is 9.53 Å². The number of carbonyl (C=O) groups is 1. The maximum absolute atomic E-state index is 11.9. The van der Waals surface area contributed by atoms with Crippen LogP contribution in [-0.2, 0) is 9.53 Å². The Labute approximate surface area is 103 Å². The van der Waals surface area contributed by atoms with Gasteiger partial charge in [-0.2, -0.15) is 0 Å². The van der Waals surface area contributed by atoms with Crippen LogP contribution in [0.5, 0.6) is 0 Å². The summed E-state index contributed by atoms with van der Waals surface area (Å²) in [5.74, 6) is 0.0779. The van der Waals surface area contributed by atoms with Gasteiger partial charge in [-0.3, -0.25) is 4.79 Å². The minimum atomic E-state index is -0.213. The summed E-state index contributed by atoms with van der Waals surface area (Å²) in [6.45, 7) is 7.18. The van der Waals surface area contributed by atoms with E-state index in [1.54, 1.807) is 0 Å². The van der Waals surface area contributed by atoms with Gasteiger partial charge in [0.05, 0.1) is 6.10 Å². The number of amides is 1. The maximum atomic E-state index is 11.9. The lowest BCUT2D eigenvalue weighted by Crippen LogP contribution is -2.45. The van der Waals surface area contributed by atoms with E-state index in [1.165, 1.54) is 0 Å². The van der Waals surface area contributed by atoms with Crippen molar-refractivity contribution in [1.82, 2.24) is 10.6 Å². The smallest absolute Gasteiger partial charge is 0.249 e. The molecule has 0 aromatic rings. The minimum absolute atomic E-state index is 0.0779. The third-order valence-electron chi connectivity index (χ3n) is 4.02. The molecule has 2 rings (SSSR count). The van der Waals surface area contributed by atoms with E-state index in [2.05, 4.69) is 17.6 Å². The van der Waals surface area contributed by atoms with Crippen LogP contribution in [0.2, 0.25) is 0 Å². The molecule has 1 amide bonds. The van der Waals surface area contributed by atoms with Crippen LogP contribution in [-0.4, -0.2) is 37.7 Å². The van der Waals surface area contributed by atoms with E-state index in [0.29, 0.717) is 0 Å². The molecular formula is C13H24N2O2. The van der Waals surface area contributed by atoms with E-state index in [9.17, 15) is 4.79 Å². The zero-order valence-corrected chi connectivity index (χ0v) is 10.9. The molecule has 98 valence electrons. The summed E-state index contributed by atoms with van der Waals surface area (Å²) < 4.78 is 5.57. The summed E-state index contributed by atoms with van der Waals surface area (Å²) in [6, 6.07) is 0. The second-order valence-corrected chi connectivity index (χ2v) is 5.79. The van der Waals surface area contributed by atoms with E-state index < -0.39 is 0 Å². The molecule has 2 unspecified atom stereocenters. The van der Waals surface area contributed by atoms with Crippen LogP contribution in [0.25, 0.3) is 0 Å². The van der Waals surface area contributed by atoms with Crippen LogP contribution in [0.3, 0.4) is 0 Å². The topological polar surface area (TPSA) is 50.4 Å². The van der Waals surface area contributed by atoms with E-state index in [4.69, 9.17) is 4.74 Å². The monoisotopic (exact) mass is 240 g/mol. The Morgan fingerprint density at radius 3 is 2.71 bits per heavy atom. The molecule has 0 spiro atoms. The van der Waals surface area contributed by atoms with Gasteiger partial charge in [0.2, 0.25) is 5.91 Å². The standard InChI is InChI=1S/C13H24N2O2/c1-10-3-4-11(17-10)12(16)15-9-13(2)5-7-14-8-6-13/h10-11,14H,3-9H2,1-2H3,(H,15,16). The zero-order chi connectivity index (χ0) is 12.3. The SMILES string of the molecule is CC1CCC(C(=O)NCC2(C)CCNCC2)O1. The number of hydrogen-bond acceptors (Lipinski definition) is 3. The molecule has 2 aliphatic rings. The van der Waals surface area contributed by atoms with Crippen LogP contribution >= 0.6 is 0 Å². The second kappa shape index (κ2) is 5.36. The fourth-order valence-electron chi connectivity index (χ4n) is 2.62. The first-order valence-corrected chi connectivity index (χ1v) is 6.73. The molecule has 2 heterocycles. The molecule has 2 atom stereocenters. The van der Waals surface area contributed by atoms with Crippen molar-refractivity contribution in [2.75, 3.05) is 19.6 Å². The van der Waals surface area contributed by atoms with Crippen molar-refractivity contribution >= 4 is 5.91 Å². The van der Waals surface area contributed by atoms with E-state index in [1.807, 2.05) is 6.92 Å². The molecule has 2 N–H and O–H groups in total. The molecule has 4 nitrogen and oxygen atoms in total. The first-order chi connectivity index (χ1) is 8.09. The van der Waals surface area contributed by atoms with E-state index >= 15 is 0 Å². The fraction of sp³-hybridized carbons (Fsp3) is 0.923. The maximum Gasteiger partial charge on any atom is 0.249 e. The Bertz CT molecular complexity index is 275. The molecule has 2 fully saturated rings. The molecule has 4 heteroatoms. The van der Waals surface area contributed by atoms with Crippen molar-refractivity contribution in [2.45, 2.75) is 51.7 Å². The normalized spacial score (nSPS) is 32.4. The highest BCUT2D eigenvalue weighted by Gasteiger charge is 2.31. The van der Waals surface area contributed by atoms with Crippen LogP contribution < -0.4 is 10.6 Å². The Morgan fingerprint density at radius 2 is 2.12 bits per heavy atom. The van der Waals surface area contributed by atoms with Crippen LogP contribution in [0.4, 0.5) is 0 Å². The van der Waals surface area contributed by atoms with Gasteiger partial charge in [-0.15, -0.1) is 0 Å². The summed E-state index contributed by atoms with van der Waals surface area (Å²) in [5, 5.41) is 6.41. The Morgan fingerprint density at radius 1 is 1.41 bits per heavy atom. The molecule has 2 aliphatic heterocycles. The molecule has 17 heavy (non-hydrogen) atoms. The molecule has 2 saturated heterocycles. The summed E-state index contributed by atoms with van der Waals surface area (Å²) in [5.41, 5.74) is 0.255. The molecule has 0 aromatic heterocycles. The molecule has 0 aliphatic carbocycles. The van der Waals surface area contributed by atoms with Gasteiger partial charge in [0.25, 0.3) is 0 Å². The van der Waals surface area contributed by atoms with Gasteiger partial charge in [-0.25, -0.2) is 0 Å². The summed E-state index contributed by atoms with van der Waals surface area (Å²) >= 11 is 0. The third-order valence-corrected chi connectivity index (χ3v) is 4.02. The average molecular weight is 240 g/mol. The summed E-state index contributed by atoms with van der Waals surface area (Å²) in [7, 11) is 0. The van der Waals surface area contributed by atoms with Crippen molar-refractivity contribution in [1.29, 1.82) is 0 Å². The largest absolute Gasteiger partial charge is 0.365 e. The minimum Gasteiger partial charge on any atom is -0.365 e. The summed E-state index contributed by atoms with van der Waals surface area (Å²) in [6.07, 6.45) is 4.16. The zero-order valence-electron chi connectivity index (χ0n) is 10.9. The lowest BCUT2D eigenvalue weighted by molar-refractivity contribution is -0.132. The highest BCUT2D eigenvalue weighted by molar-refractivity contribution is 5.81. The van der Waals surface area contributed by atoms with Gasteiger partial charge in [-0.05, 0) is 51.1 Å². The summed E-state index contributed by atoms with van der Waals surface area (Å²) in [4.78, 5) is 11.9. The van der Waals surface area contributed by atoms with Gasteiger partial charge >= 0.3 is 0 Å². The first kappa shape index (κ1) is 12.8. The Kier molecular flexibility index (Phi) is 4.05. The van der Waals surface area contributed by atoms with E-state index in [0.717, 1.165) is 45.3 Å². The van der Waals surface area contributed by atoms with Crippen LogP contribution in [0.1, 0.15) is 39.5 Å². The van der Waals surface area contributed by atoms with E-state index in [-0.39, 0.29) is 23.5 Å². The van der Waals surface area contributed by atoms with Crippen LogP contribution in [0.15, 0.2) is 0 Å². The Hall–Kier alpha value is -0.610. The van der Waals surface area contributed by atoms with Gasteiger partial charge in [-0.1, -0.05) is 6.92 Å². The second-order valence-electron chi connectivity index (χ2n) is 5.79. The molecule has 0 bridgehead atoms. The van der Waals surface area contributed by atoms with Gasteiger partial charge < -0.3 is 15.4 Å². The van der Waals surface area contributed by atoms with Crippen molar-refractivity contribution in [3.8, 4) is 0 Å². The molecule has 0 saturated carbocycles. The van der Waals surface area contributed by atoms with Crippen molar-refractivity contribution in [3.05, 3.63) is 0 Å².